The van der Waals surface area contributed by atoms with E-state index in [1.54, 1.807) is 0 Å². The second-order valence-electron chi connectivity index (χ2n) is 7.81. The van der Waals surface area contributed by atoms with E-state index in [1.807, 2.05) is 25.1 Å². The van der Waals surface area contributed by atoms with Crippen LogP contribution in [-0.4, -0.2) is 23.8 Å². The lowest BCUT2D eigenvalue weighted by Gasteiger charge is -2.42. The van der Waals surface area contributed by atoms with Crippen LogP contribution in [0.4, 0.5) is 0 Å². The maximum atomic E-state index is 11.0. The molecule has 0 aliphatic carbocycles. The largest absolute Gasteiger partial charge is 0.480 e. The SMILES string of the molecule is C=C(C)[C@H]1C[C@H](c2cccc(C)c2)[C@H](C)O[C@@H]1c1cccc(Br)c1OCC(=O)O. The van der Waals surface area contributed by atoms with E-state index in [9.17, 15) is 4.79 Å². The third kappa shape index (κ3) is 4.90. The van der Waals surface area contributed by atoms with E-state index >= 15 is 0 Å². The average Bonchev–Trinajstić information content (AvgIpc) is 2.66. The number of aryl methyl sites for hydroxylation is 1. The van der Waals surface area contributed by atoms with Crippen LogP contribution in [0.2, 0.25) is 0 Å². The normalized spacial score (nSPS) is 24.1. The Morgan fingerprint density at radius 2 is 2.03 bits per heavy atom. The quantitative estimate of drug-likeness (QED) is 0.535. The summed E-state index contributed by atoms with van der Waals surface area (Å²) in [6, 6.07) is 14.3. The number of carbonyl (C=O) groups is 1. The number of rotatable bonds is 6. The third-order valence-electron chi connectivity index (χ3n) is 5.55. The fourth-order valence-electron chi connectivity index (χ4n) is 4.10. The van der Waals surface area contributed by atoms with Crippen molar-refractivity contribution in [3.8, 4) is 5.75 Å². The summed E-state index contributed by atoms with van der Waals surface area (Å²) in [6.07, 6.45) is 0.670. The fourth-order valence-corrected chi connectivity index (χ4v) is 4.60. The van der Waals surface area contributed by atoms with Gasteiger partial charge in [-0.05, 0) is 54.8 Å². The van der Waals surface area contributed by atoms with Gasteiger partial charge in [-0.1, -0.05) is 54.1 Å². The lowest BCUT2D eigenvalue weighted by molar-refractivity contribution is -0.139. The molecule has 0 bridgehead atoms. The van der Waals surface area contributed by atoms with Crippen molar-refractivity contribution >= 4 is 21.9 Å². The molecular formula is C24H27BrO4. The summed E-state index contributed by atoms with van der Waals surface area (Å²) in [4.78, 5) is 11.0. The van der Waals surface area contributed by atoms with Crippen LogP contribution in [0.15, 0.2) is 59.1 Å². The van der Waals surface area contributed by atoms with Gasteiger partial charge in [0.2, 0.25) is 0 Å². The van der Waals surface area contributed by atoms with E-state index in [2.05, 4.69) is 60.6 Å². The van der Waals surface area contributed by atoms with Gasteiger partial charge < -0.3 is 14.6 Å². The smallest absolute Gasteiger partial charge is 0.341 e. The van der Waals surface area contributed by atoms with Gasteiger partial charge in [-0.25, -0.2) is 4.79 Å². The molecule has 2 aromatic carbocycles. The van der Waals surface area contributed by atoms with Crippen molar-refractivity contribution in [2.75, 3.05) is 6.61 Å². The Hall–Kier alpha value is -2.11. The number of carboxylic acid groups (broad SMARTS) is 1. The number of para-hydroxylation sites is 1. The number of hydrogen-bond acceptors (Lipinski definition) is 3. The molecule has 1 aliphatic rings. The monoisotopic (exact) mass is 458 g/mol. The summed E-state index contributed by atoms with van der Waals surface area (Å²) in [5.74, 6) is -0.130. The minimum Gasteiger partial charge on any atom is -0.480 e. The zero-order valence-electron chi connectivity index (χ0n) is 17.0. The lowest BCUT2D eigenvalue weighted by atomic mass is 9.75. The molecule has 0 aromatic heterocycles. The van der Waals surface area contributed by atoms with Crippen molar-refractivity contribution in [1.29, 1.82) is 0 Å². The van der Waals surface area contributed by atoms with Gasteiger partial charge in [-0.3, -0.25) is 0 Å². The van der Waals surface area contributed by atoms with Gasteiger partial charge in [-0.2, -0.15) is 0 Å². The summed E-state index contributed by atoms with van der Waals surface area (Å²) >= 11 is 3.50. The number of halogens is 1. The van der Waals surface area contributed by atoms with Gasteiger partial charge in [0, 0.05) is 17.4 Å². The second-order valence-corrected chi connectivity index (χ2v) is 8.67. The molecule has 0 spiro atoms. The van der Waals surface area contributed by atoms with Gasteiger partial charge in [0.15, 0.2) is 6.61 Å². The van der Waals surface area contributed by atoms with Gasteiger partial charge in [0.25, 0.3) is 0 Å². The zero-order valence-corrected chi connectivity index (χ0v) is 18.6. The molecular weight excluding hydrogens is 432 g/mol. The lowest BCUT2D eigenvalue weighted by Crippen LogP contribution is -2.34. The first-order valence-electron chi connectivity index (χ1n) is 9.78. The minimum absolute atomic E-state index is 0.00343. The molecule has 5 heteroatoms. The van der Waals surface area contributed by atoms with Crippen LogP contribution >= 0.6 is 15.9 Å². The number of ether oxygens (including phenoxy) is 2. The fraction of sp³-hybridized carbons (Fsp3) is 0.375. The van der Waals surface area contributed by atoms with E-state index in [0.29, 0.717) is 10.2 Å². The highest BCUT2D eigenvalue weighted by Gasteiger charge is 2.39. The Bertz CT molecular complexity index is 908. The standard InChI is InChI=1S/C24H27BrO4/c1-14(2)19-12-20(17-8-5-7-15(3)11-17)16(4)29-23(19)18-9-6-10-21(25)24(18)28-13-22(26)27/h5-11,16,19-20,23H,1,12-13H2,2-4H3,(H,26,27)/t16-,19+,20-,23+/m0/s1. The summed E-state index contributed by atoms with van der Waals surface area (Å²) in [7, 11) is 0. The number of benzene rings is 2. The maximum Gasteiger partial charge on any atom is 0.341 e. The van der Waals surface area contributed by atoms with Crippen LogP contribution in [0.25, 0.3) is 0 Å². The highest BCUT2D eigenvalue weighted by atomic mass is 79.9. The van der Waals surface area contributed by atoms with E-state index in [0.717, 1.165) is 17.6 Å². The van der Waals surface area contributed by atoms with Gasteiger partial charge in [0.1, 0.15) is 5.75 Å². The van der Waals surface area contributed by atoms with E-state index in [1.165, 1.54) is 11.1 Å². The van der Waals surface area contributed by atoms with Crippen molar-refractivity contribution < 1.29 is 19.4 Å². The summed E-state index contributed by atoms with van der Waals surface area (Å²) in [5, 5.41) is 9.05. The number of carboxylic acids is 1. The average molecular weight is 459 g/mol. The predicted octanol–water partition coefficient (Wildman–Crippen LogP) is 6.05. The van der Waals surface area contributed by atoms with Gasteiger partial charge in [0.05, 0.1) is 16.7 Å². The molecule has 0 unspecified atom stereocenters. The summed E-state index contributed by atoms with van der Waals surface area (Å²) in [5.41, 5.74) is 4.41. The molecule has 3 rings (SSSR count). The molecule has 154 valence electrons. The van der Waals surface area contributed by atoms with E-state index in [4.69, 9.17) is 14.6 Å². The Morgan fingerprint density at radius 1 is 1.31 bits per heavy atom. The van der Waals surface area contributed by atoms with Gasteiger partial charge >= 0.3 is 5.97 Å². The molecule has 1 heterocycles. The van der Waals surface area contributed by atoms with Crippen molar-refractivity contribution in [2.45, 2.75) is 45.3 Å². The second kappa shape index (κ2) is 9.14. The topological polar surface area (TPSA) is 55.8 Å². The van der Waals surface area contributed by atoms with Crippen molar-refractivity contribution in [3.05, 3.63) is 75.8 Å². The van der Waals surface area contributed by atoms with E-state index < -0.39 is 12.6 Å². The Balaban J connectivity index is 1.96. The molecule has 2 aromatic rings. The Labute approximate surface area is 180 Å². The molecule has 29 heavy (non-hydrogen) atoms. The maximum absolute atomic E-state index is 11.0. The van der Waals surface area contributed by atoms with Crippen LogP contribution < -0.4 is 4.74 Å². The van der Waals surface area contributed by atoms with Crippen LogP contribution in [0.1, 0.15) is 49.0 Å². The molecule has 1 aliphatic heterocycles. The Morgan fingerprint density at radius 3 is 2.69 bits per heavy atom. The first-order valence-corrected chi connectivity index (χ1v) is 10.6. The van der Waals surface area contributed by atoms with Gasteiger partial charge in [-0.15, -0.1) is 0 Å². The number of aliphatic carboxylic acids is 1. The molecule has 0 saturated carbocycles. The molecule has 4 atom stereocenters. The van der Waals surface area contributed by atoms with Crippen molar-refractivity contribution in [3.63, 3.8) is 0 Å². The number of hydrogen-bond donors (Lipinski definition) is 1. The Kier molecular flexibility index (Phi) is 6.81. The molecule has 0 amide bonds. The third-order valence-corrected chi connectivity index (χ3v) is 6.17. The van der Waals surface area contributed by atoms with Crippen LogP contribution in [0.3, 0.4) is 0 Å². The highest BCUT2D eigenvalue weighted by molar-refractivity contribution is 9.10. The molecule has 4 nitrogen and oxygen atoms in total. The summed E-state index contributed by atoms with van der Waals surface area (Å²) in [6.45, 7) is 10.1. The zero-order chi connectivity index (χ0) is 21.1. The van der Waals surface area contributed by atoms with Crippen molar-refractivity contribution in [2.24, 2.45) is 5.92 Å². The van der Waals surface area contributed by atoms with E-state index in [-0.39, 0.29) is 24.0 Å². The van der Waals surface area contributed by atoms with Crippen LogP contribution in [0, 0.1) is 12.8 Å². The molecule has 1 N–H and O–H groups in total. The highest BCUT2D eigenvalue weighted by Crippen LogP contribution is 2.49. The van der Waals surface area contributed by atoms with Crippen LogP contribution in [-0.2, 0) is 9.53 Å². The molecule has 0 radical (unpaired) electrons. The molecule has 1 fully saturated rings. The first-order chi connectivity index (χ1) is 13.8. The summed E-state index contributed by atoms with van der Waals surface area (Å²) < 4.78 is 12.9. The van der Waals surface area contributed by atoms with Crippen molar-refractivity contribution in [1.82, 2.24) is 0 Å². The molecule has 1 saturated heterocycles. The predicted molar refractivity (Wildman–Crippen MR) is 117 cm³/mol. The first kappa shape index (κ1) is 21.6. The minimum atomic E-state index is -1.01. The van der Waals surface area contributed by atoms with Crippen LogP contribution in [0.5, 0.6) is 5.75 Å².